The van der Waals surface area contributed by atoms with E-state index in [-0.39, 0.29) is 5.41 Å². The molecule has 0 atom stereocenters. The summed E-state index contributed by atoms with van der Waals surface area (Å²) < 4.78 is 17.6. The molecular formula is C141H95N3OS4. The van der Waals surface area contributed by atoms with Crippen molar-refractivity contribution in [2.24, 2.45) is 0 Å². The first-order valence-electron chi connectivity index (χ1n) is 50.8. The summed E-state index contributed by atoms with van der Waals surface area (Å²) in [7, 11) is 0. The highest BCUT2D eigenvalue weighted by atomic mass is 32.1. The maximum Gasteiger partial charge on any atom is 0.143 e. The predicted octanol–water partition coefficient (Wildman–Crippen LogP) is 42.5. The third-order valence-corrected chi connectivity index (χ3v) is 34.3. The Morgan fingerprint density at radius 1 is 0.168 bits per heavy atom. The van der Waals surface area contributed by atoms with E-state index in [0.29, 0.717) is 0 Å². The van der Waals surface area contributed by atoms with Crippen molar-refractivity contribution >= 4 is 199 Å². The number of rotatable bonds is 17. The molecule has 704 valence electrons. The van der Waals surface area contributed by atoms with E-state index >= 15 is 0 Å². The topological polar surface area (TPSA) is 22.9 Å². The molecule has 0 amide bonds. The Morgan fingerprint density at radius 2 is 0.503 bits per heavy atom. The largest absolute Gasteiger partial charge is 0.455 e. The minimum Gasteiger partial charge on any atom is -0.455 e. The SMILES string of the molecule is CC1(C)c2ccccc2-c2cc3oc4c(-c5ccc(N(c6ccc(-c7ccccc7)cc6)c6cccc(-c7ccccc7)c6)cc5)cccc4c3cc21.c1ccc(-c2cccc(N(c3cccc(-c4ccccc4)c3)c3cccc(-c4ccc5sc6cc7c(cc6c5c4)sc4ccccc47)c3)c2)cc1.c1ccc(N(c2ccccc2)c2ccc(-c3cccc(-c4cccc5c4sc4ccc6c7ccccc7sc6c45)c3)cc2)cc1. The van der Waals surface area contributed by atoms with Gasteiger partial charge in [-0.15, -0.1) is 45.3 Å². The summed E-state index contributed by atoms with van der Waals surface area (Å²) in [6.07, 6.45) is 0. The van der Waals surface area contributed by atoms with Crippen LogP contribution in [0.15, 0.2) is 544 Å². The van der Waals surface area contributed by atoms with Gasteiger partial charge in [0.2, 0.25) is 0 Å². The van der Waals surface area contributed by atoms with Gasteiger partial charge in [0.05, 0.1) is 0 Å². The van der Waals surface area contributed by atoms with Gasteiger partial charge in [-0.2, -0.15) is 0 Å². The lowest BCUT2D eigenvalue weighted by atomic mass is 9.82. The van der Waals surface area contributed by atoms with E-state index in [1.54, 1.807) is 0 Å². The summed E-state index contributed by atoms with van der Waals surface area (Å²) >= 11 is 7.61. The van der Waals surface area contributed by atoms with E-state index in [9.17, 15) is 0 Å². The van der Waals surface area contributed by atoms with Gasteiger partial charge in [0.1, 0.15) is 11.2 Å². The van der Waals surface area contributed by atoms with Crippen molar-refractivity contribution in [3.8, 4) is 100 Å². The fourth-order valence-electron chi connectivity index (χ4n) is 22.3. The molecule has 8 heteroatoms. The van der Waals surface area contributed by atoms with Crippen molar-refractivity contribution in [2.75, 3.05) is 14.7 Å². The normalized spacial score (nSPS) is 12.0. The fourth-order valence-corrected chi connectivity index (χ4v) is 27.1. The van der Waals surface area contributed by atoms with Gasteiger partial charge in [0.15, 0.2) is 0 Å². The van der Waals surface area contributed by atoms with Crippen molar-refractivity contribution in [1.82, 2.24) is 0 Å². The summed E-state index contributed by atoms with van der Waals surface area (Å²) in [5, 5.41) is 13.1. The number of hydrogen-bond donors (Lipinski definition) is 0. The van der Waals surface area contributed by atoms with Crippen molar-refractivity contribution in [3.05, 3.63) is 551 Å². The van der Waals surface area contributed by atoms with Crippen LogP contribution in [0.25, 0.3) is 203 Å². The summed E-state index contributed by atoms with van der Waals surface area (Å²) in [6.45, 7) is 4.66. The van der Waals surface area contributed by atoms with Crippen molar-refractivity contribution < 1.29 is 4.42 Å². The molecule has 4 nitrogen and oxygen atoms in total. The van der Waals surface area contributed by atoms with Crippen LogP contribution in [-0.2, 0) is 5.41 Å². The van der Waals surface area contributed by atoms with Crippen LogP contribution in [0.1, 0.15) is 25.0 Å². The molecule has 0 spiro atoms. The first-order chi connectivity index (χ1) is 73.6. The molecular weight excluding hydrogens is 1880 g/mol. The second-order valence-electron chi connectivity index (χ2n) is 38.9. The van der Waals surface area contributed by atoms with Crippen LogP contribution < -0.4 is 14.7 Å². The van der Waals surface area contributed by atoms with E-state index in [4.69, 9.17) is 4.42 Å². The number of para-hydroxylation sites is 3. The van der Waals surface area contributed by atoms with E-state index in [1.165, 1.54) is 186 Å². The number of thiophene rings is 4. The molecule has 0 saturated heterocycles. The Balaban J connectivity index is 0.000000110. The second kappa shape index (κ2) is 38.3. The molecule has 5 heterocycles. The van der Waals surface area contributed by atoms with Gasteiger partial charge in [-0.25, -0.2) is 0 Å². The maximum atomic E-state index is 6.76. The molecule has 5 aromatic heterocycles. The number of furan rings is 1. The molecule has 0 saturated carbocycles. The van der Waals surface area contributed by atoms with Crippen LogP contribution in [0.3, 0.4) is 0 Å². The third kappa shape index (κ3) is 16.8. The lowest BCUT2D eigenvalue weighted by Gasteiger charge is -2.27. The Labute approximate surface area is 881 Å². The molecule has 0 bridgehead atoms. The Bertz CT molecular complexity index is 9800. The maximum absolute atomic E-state index is 6.76. The van der Waals surface area contributed by atoms with Crippen LogP contribution in [0.5, 0.6) is 0 Å². The second-order valence-corrected chi connectivity index (χ2v) is 43.1. The molecule has 0 N–H and O–H groups in total. The Morgan fingerprint density at radius 3 is 1.05 bits per heavy atom. The van der Waals surface area contributed by atoms with Gasteiger partial charge < -0.3 is 19.1 Å². The highest BCUT2D eigenvalue weighted by Gasteiger charge is 2.37. The zero-order valence-electron chi connectivity index (χ0n) is 81.8. The minimum absolute atomic E-state index is 0.0640. The highest BCUT2D eigenvalue weighted by Crippen LogP contribution is 2.55. The number of benzene rings is 23. The smallest absolute Gasteiger partial charge is 0.143 e. The van der Waals surface area contributed by atoms with E-state index in [0.717, 1.165) is 78.9 Å². The monoisotopic (exact) mass is 1970 g/mol. The molecule has 28 aromatic rings. The molecule has 0 unspecified atom stereocenters. The standard InChI is InChI=1S/C51H37NO.C48H31NS2.C42H27NS2/c1-51(2)47-22-10-9-19-43(47)45-33-49-46(32-48(45)51)44-21-12-20-42(50(44)53-49)37-25-29-40(30-26-37)52(39-27-23-36(24-28-39)34-13-5-3-6-14-34)41-18-11-17-38(31-41)35-15-7-4-8-16-35;1-3-12-32(13-4-1)34-16-9-19-38(26-34)49(39-20-10-17-35(27-39)33-14-5-2-6-15-33)40-21-11-18-36(28-40)37-24-25-46-42(29-37)44-31-47-43(30-48(44)51-46)41-22-7-8-23-45(41)50-47;1-3-13-31(14-4-1)43(32-15-5-2-6-16-32)33-23-21-28(22-24-33)29-11-9-12-30(27-29)34-18-10-19-37-40-39(45-41(34)37)26-25-36-35-17-7-8-20-38(35)44-42(36)40/h3-33H,1-2H3;1-31H;1-27H. The number of fused-ring (bicyclic) bond motifs is 19. The lowest BCUT2D eigenvalue weighted by Crippen LogP contribution is -2.14. The van der Waals surface area contributed by atoms with Crippen LogP contribution >= 0.6 is 45.3 Å². The van der Waals surface area contributed by atoms with Gasteiger partial charge in [-0.3, -0.25) is 0 Å². The minimum atomic E-state index is -0.0640. The highest BCUT2D eigenvalue weighted by molar-refractivity contribution is 7.30. The molecule has 29 rings (SSSR count). The first kappa shape index (κ1) is 89.9. The average molecular weight is 1980 g/mol. The van der Waals surface area contributed by atoms with Crippen molar-refractivity contribution in [2.45, 2.75) is 19.3 Å². The average Bonchev–Trinajstić information content (AvgIpc) is 1.57. The molecule has 23 aromatic carbocycles. The van der Waals surface area contributed by atoms with Crippen LogP contribution in [0.2, 0.25) is 0 Å². The fraction of sp³-hybridized carbons (Fsp3) is 0.0213. The zero-order valence-corrected chi connectivity index (χ0v) is 85.0. The van der Waals surface area contributed by atoms with Crippen LogP contribution in [-0.4, -0.2) is 0 Å². The lowest BCUT2D eigenvalue weighted by molar-refractivity contribution is 0.658. The molecule has 1 aliphatic carbocycles. The van der Waals surface area contributed by atoms with E-state index in [2.05, 4.69) is 568 Å². The van der Waals surface area contributed by atoms with Gasteiger partial charge in [-0.1, -0.05) is 384 Å². The zero-order chi connectivity index (χ0) is 99.0. The number of anilines is 9. The van der Waals surface area contributed by atoms with Gasteiger partial charge >= 0.3 is 0 Å². The molecule has 0 radical (unpaired) electrons. The van der Waals surface area contributed by atoms with Crippen molar-refractivity contribution in [3.63, 3.8) is 0 Å². The summed E-state index contributed by atoms with van der Waals surface area (Å²) in [5.41, 5.74) is 36.3. The quantitative estimate of drug-likeness (QED) is 0.0906. The van der Waals surface area contributed by atoms with Gasteiger partial charge in [0, 0.05) is 154 Å². The summed E-state index contributed by atoms with van der Waals surface area (Å²) in [6, 6.07) is 195. The van der Waals surface area contributed by atoms with E-state index < -0.39 is 0 Å². The third-order valence-electron chi connectivity index (χ3n) is 29.6. The van der Waals surface area contributed by atoms with Crippen LogP contribution in [0.4, 0.5) is 51.2 Å². The number of nitrogens with zero attached hydrogens (tertiary/aromatic N) is 3. The van der Waals surface area contributed by atoms with E-state index in [1.807, 2.05) is 45.3 Å². The Kier molecular flexibility index (Phi) is 23.1. The summed E-state index contributed by atoms with van der Waals surface area (Å²) in [4.78, 5) is 7.03. The molecule has 0 aliphatic heterocycles. The van der Waals surface area contributed by atoms with Crippen molar-refractivity contribution in [1.29, 1.82) is 0 Å². The first-order valence-corrected chi connectivity index (χ1v) is 54.0. The number of hydrogen-bond acceptors (Lipinski definition) is 8. The molecule has 1 aliphatic rings. The van der Waals surface area contributed by atoms with Crippen LogP contribution in [0, 0.1) is 0 Å². The van der Waals surface area contributed by atoms with Gasteiger partial charge in [-0.05, 0) is 276 Å². The molecule has 0 fully saturated rings. The molecule has 149 heavy (non-hydrogen) atoms. The summed E-state index contributed by atoms with van der Waals surface area (Å²) in [5.74, 6) is 0. The van der Waals surface area contributed by atoms with Gasteiger partial charge in [0.25, 0.3) is 0 Å². The Hall–Kier alpha value is -17.9. The predicted molar refractivity (Wildman–Crippen MR) is 643 cm³/mol.